The van der Waals surface area contributed by atoms with E-state index in [-0.39, 0.29) is 24.9 Å². The lowest BCUT2D eigenvalue weighted by Crippen LogP contribution is -2.46. The van der Waals surface area contributed by atoms with Gasteiger partial charge in [0.15, 0.2) is 0 Å². The van der Waals surface area contributed by atoms with Crippen LogP contribution in [0.3, 0.4) is 0 Å². The molecule has 0 spiro atoms. The largest absolute Gasteiger partial charge is 0.462 e. The van der Waals surface area contributed by atoms with Crippen molar-refractivity contribution in [3.8, 4) is 0 Å². The number of amides is 1. The van der Waals surface area contributed by atoms with Gasteiger partial charge in [-0.15, -0.1) is 0 Å². The first kappa shape index (κ1) is 59.3. The first-order valence-corrected chi connectivity index (χ1v) is 27.1. The number of carbonyl (C=O) groups is 2. The third-order valence-corrected chi connectivity index (χ3v) is 12.6. The van der Waals surface area contributed by atoms with E-state index in [4.69, 9.17) is 4.74 Å². The lowest BCUT2D eigenvalue weighted by Gasteiger charge is -2.24. The third-order valence-electron chi connectivity index (χ3n) is 12.6. The van der Waals surface area contributed by atoms with E-state index in [0.717, 1.165) is 57.8 Å². The summed E-state index contributed by atoms with van der Waals surface area (Å²) in [6.07, 6.45) is 56.7. The highest BCUT2D eigenvalue weighted by molar-refractivity contribution is 5.77. The van der Waals surface area contributed by atoms with Gasteiger partial charge in [0.25, 0.3) is 0 Å². The first-order chi connectivity index (χ1) is 30.0. The smallest absolute Gasteiger partial charge is 0.306 e. The second-order valence-electron chi connectivity index (χ2n) is 18.7. The fourth-order valence-electron chi connectivity index (χ4n) is 8.42. The van der Waals surface area contributed by atoms with Crippen LogP contribution in [0.5, 0.6) is 0 Å². The summed E-state index contributed by atoms with van der Waals surface area (Å²) in [5.41, 5.74) is 0. The first-order valence-electron chi connectivity index (χ1n) is 27.1. The number of esters is 1. The van der Waals surface area contributed by atoms with Gasteiger partial charge in [0, 0.05) is 6.42 Å². The van der Waals surface area contributed by atoms with Crippen LogP contribution in [0.2, 0.25) is 0 Å². The number of ether oxygens (including phenoxy) is 1. The molecule has 0 aliphatic heterocycles. The predicted molar refractivity (Wildman–Crippen MR) is 264 cm³/mol. The molecule has 0 aliphatic carbocycles. The molecule has 360 valence electrons. The summed E-state index contributed by atoms with van der Waals surface area (Å²) in [7, 11) is 0. The molecule has 3 N–H and O–H groups in total. The number of allylic oxidation sites excluding steroid dienone is 4. The van der Waals surface area contributed by atoms with Gasteiger partial charge in [-0.05, 0) is 51.4 Å². The summed E-state index contributed by atoms with van der Waals surface area (Å²) >= 11 is 0. The van der Waals surface area contributed by atoms with Gasteiger partial charge in [0.2, 0.25) is 5.91 Å². The van der Waals surface area contributed by atoms with Crippen LogP contribution in [0, 0.1) is 0 Å². The molecule has 0 aromatic rings. The number of nitrogens with one attached hydrogen (secondary N) is 1. The Morgan fingerprint density at radius 2 is 0.820 bits per heavy atom. The quantitative estimate of drug-likeness (QED) is 0.0322. The topological polar surface area (TPSA) is 95.9 Å². The van der Waals surface area contributed by atoms with Gasteiger partial charge in [-0.2, -0.15) is 0 Å². The van der Waals surface area contributed by atoms with Crippen molar-refractivity contribution in [3.63, 3.8) is 0 Å². The summed E-state index contributed by atoms with van der Waals surface area (Å²) in [6, 6.07) is -0.702. The summed E-state index contributed by atoms with van der Waals surface area (Å²) in [4.78, 5) is 26.1. The van der Waals surface area contributed by atoms with Crippen molar-refractivity contribution >= 4 is 11.9 Å². The van der Waals surface area contributed by atoms with Gasteiger partial charge in [-0.25, -0.2) is 0 Å². The zero-order chi connectivity index (χ0) is 44.5. The third kappa shape index (κ3) is 44.7. The number of aliphatic hydroxyl groups excluding tert-OH is 2. The Hall–Kier alpha value is -1.66. The fraction of sp³-hybridized carbons (Fsp3) is 0.891. The van der Waals surface area contributed by atoms with Crippen molar-refractivity contribution < 1.29 is 24.5 Å². The minimum Gasteiger partial charge on any atom is -0.462 e. The number of hydrogen-bond donors (Lipinski definition) is 3. The average Bonchev–Trinajstić information content (AvgIpc) is 3.25. The lowest BCUT2D eigenvalue weighted by atomic mass is 10.0. The average molecular weight is 860 g/mol. The van der Waals surface area contributed by atoms with E-state index in [0.29, 0.717) is 19.3 Å². The fourth-order valence-corrected chi connectivity index (χ4v) is 8.42. The van der Waals surface area contributed by atoms with Crippen molar-refractivity contribution in [3.05, 3.63) is 24.3 Å². The van der Waals surface area contributed by atoms with Crippen LogP contribution < -0.4 is 5.32 Å². The van der Waals surface area contributed by atoms with Crippen LogP contribution in [0.1, 0.15) is 290 Å². The molecule has 0 aromatic carbocycles. The number of aliphatic hydroxyl groups is 2. The van der Waals surface area contributed by atoms with Gasteiger partial charge in [0.1, 0.15) is 6.10 Å². The Morgan fingerprint density at radius 3 is 1.21 bits per heavy atom. The van der Waals surface area contributed by atoms with Crippen molar-refractivity contribution in [1.82, 2.24) is 5.32 Å². The van der Waals surface area contributed by atoms with Gasteiger partial charge in [0.05, 0.1) is 25.2 Å². The van der Waals surface area contributed by atoms with E-state index in [2.05, 4.69) is 50.4 Å². The van der Waals surface area contributed by atoms with Crippen LogP contribution in [-0.4, -0.2) is 46.9 Å². The maximum atomic E-state index is 13.2. The normalized spacial score (nSPS) is 13.3. The molecule has 61 heavy (non-hydrogen) atoms. The van der Waals surface area contributed by atoms with E-state index in [1.54, 1.807) is 0 Å². The van der Waals surface area contributed by atoms with Gasteiger partial charge >= 0.3 is 5.97 Å². The van der Waals surface area contributed by atoms with Crippen LogP contribution in [-0.2, 0) is 14.3 Å². The molecule has 6 heteroatoms. The standard InChI is InChI=1S/C55H105NO5/c1-4-7-10-13-16-19-22-24-26-28-30-33-36-39-42-45-48-55(60)61-51(46-43-40-37-34-31-21-18-15-12-9-6-3)49-54(59)56-52(50-57)53(58)47-44-41-38-35-32-29-27-25-23-20-17-14-11-8-5-2/h26,28,30,33,51-53,57-58H,4-25,27,29,31-32,34-50H2,1-3H3,(H,56,59)/b28-26+,33-30+. The Morgan fingerprint density at radius 1 is 0.475 bits per heavy atom. The molecule has 0 aromatic heterocycles. The van der Waals surface area contributed by atoms with Gasteiger partial charge < -0.3 is 20.3 Å². The zero-order valence-corrected chi connectivity index (χ0v) is 41.1. The van der Waals surface area contributed by atoms with Crippen LogP contribution in [0.4, 0.5) is 0 Å². The zero-order valence-electron chi connectivity index (χ0n) is 41.1. The molecular formula is C55H105NO5. The van der Waals surface area contributed by atoms with Crippen LogP contribution >= 0.6 is 0 Å². The Balaban J connectivity index is 4.51. The highest BCUT2D eigenvalue weighted by Crippen LogP contribution is 2.18. The summed E-state index contributed by atoms with van der Waals surface area (Å²) in [5.74, 6) is -0.490. The molecule has 3 unspecified atom stereocenters. The molecule has 0 bridgehead atoms. The summed E-state index contributed by atoms with van der Waals surface area (Å²) in [5, 5.41) is 23.8. The van der Waals surface area contributed by atoms with E-state index in [1.165, 1.54) is 186 Å². The second kappa shape index (κ2) is 49.4. The lowest BCUT2D eigenvalue weighted by molar-refractivity contribution is -0.151. The second-order valence-corrected chi connectivity index (χ2v) is 18.7. The minimum absolute atomic E-state index is 0.0724. The number of hydrogen-bond acceptors (Lipinski definition) is 5. The van der Waals surface area contributed by atoms with Gasteiger partial charge in [-0.1, -0.05) is 251 Å². The molecule has 0 saturated heterocycles. The highest BCUT2D eigenvalue weighted by Gasteiger charge is 2.24. The molecule has 0 rings (SSSR count). The SMILES string of the molecule is CCCCCCCCC/C=C/C=C/CCCCCC(=O)OC(CCCCCCCCCCCCC)CC(=O)NC(CO)C(O)CCCCCCCCCCCCCCCCC. The highest BCUT2D eigenvalue weighted by atomic mass is 16.5. The van der Waals surface area contributed by atoms with Crippen molar-refractivity contribution in [2.75, 3.05) is 6.61 Å². The molecule has 0 saturated carbocycles. The summed E-state index contributed by atoms with van der Waals surface area (Å²) in [6.45, 7) is 6.49. The molecule has 0 aliphatic rings. The van der Waals surface area contributed by atoms with Crippen LogP contribution in [0.15, 0.2) is 24.3 Å². The monoisotopic (exact) mass is 860 g/mol. The predicted octanol–water partition coefficient (Wildman–Crippen LogP) is 16.3. The van der Waals surface area contributed by atoms with Crippen LogP contribution in [0.25, 0.3) is 0 Å². The maximum absolute atomic E-state index is 13.2. The maximum Gasteiger partial charge on any atom is 0.306 e. The Bertz CT molecular complexity index is 966. The molecule has 6 nitrogen and oxygen atoms in total. The molecule has 0 fully saturated rings. The molecule has 3 atom stereocenters. The molecule has 1 amide bonds. The molecular weight excluding hydrogens is 755 g/mol. The number of unbranched alkanes of at least 4 members (excludes halogenated alkanes) is 34. The molecule has 0 radical (unpaired) electrons. The van der Waals surface area contributed by atoms with E-state index < -0.39 is 18.2 Å². The van der Waals surface area contributed by atoms with Crippen molar-refractivity contribution in [2.45, 2.75) is 309 Å². The Labute approximate surface area is 380 Å². The summed E-state index contributed by atoms with van der Waals surface area (Å²) < 4.78 is 5.93. The number of rotatable bonds is 49. The van der Waals surface area contributed by atoms with E-state index >= 15 is 0 Å². The molecule has 0 heterocycles. The van der Waals surface area contributed by atoms with E-state index in [1.807, 2.05) is 0 Å². The van der Waals surface area contributed by atoms with E-state index in [9.17, 15) is 19.8 Å². The van der Waals surface area contributed by atoms with Crippen molar-refractivity contribution in [2.24, 2.45) is 0 Å². The number of carbonyl (C=O) groups excluding carboxylic acids is 2. The van der Waals surface area contributed by atoms with Gasteiger partial charge in [-0.3, -0.25) is 9.59 Å². The minimum atomic E-state index is -0.788. The Kier molecular flexibility index (Phi) is 48.0. The van der Waals surface area contributed by atoms with Crippen molar-refractivity contribution in [1.29, 1.82) is 0 Å².